The molecule has 6 nitrogen and oxygen atoms in total. The molecule has 0 fully saturated rings. The summed E-state index contributed by atoms with van der Waals surface area (Å²) in [6, 6.07) is 18.7. The number of anilines is 1. The van der Waals surface area contributed by atoms with Crippen molar-refractivity contribution in [1.29, 1.82) is 5.26 Å². The number of nitrogens with one attached hydrogen (secondary N) is 1. The van der Waals surface area contributed by atoms with Gasteiger partial charge in [-0.1, -0.05) is 23.7 Å². The Labute approximate surface area is 172 Å². The lowest BCUT2D eigenvalue weighted by molar-refractivity contribution is -0.112. The third-order valence-corrected chi connectivity index (χ3v) is 4.24. The Hall–Kier alpha value is -3.82. The molecule has 0 aliphatic carbocycles. The molecule has 0 radical (unpaired) electrons. The van der Waals surface area contributed by atoms with E-state index < -0.39 is 11.9 Å². The average Bonchev–Trinajstić information content (AvgIpc) is 3.21. The molecule has 0 aliphatic rings. The Morgan fingerprint density at radius 2 is 1.83 bits per heavy atom. The third-order valence-electron chi connectivity index (χ3n) is 3.99. The summed E-state index contributed by atoms with van der Waals surface area (Å²) in [4.78, 5) is 24.3. The van der Waals surface area contributed by atoms with E-state index in [4.69, 9.17) is 20.8 Å². The molecule has 0 saturated carbocycles. The number of benzene rings is 2. The number of rotatable bonds is 5. The molecule has 144 valence electrons. The Bertz CT molecular complexity index is 1120. The van der Waals surface area contributed by atoms with Crippen LogP contribution >= 0.6 is 11.6 Å². The number of nitrogens with zero attached hydrogens (tertiary/aromatic N) is 1. The fourth-order valence-corrected chi connectivity index (χ4v) is 2.69. The van der Waals surface area contributed by atoms with Crippen LogP contribution in [-0.2, 0) is 9.53 Å². The van der Waals surface area contributed by atoms with Crippen molar-refractivity contribution in [3.63, 3.8) is 0 Å². The molecule has 7 heteroatoms. The third kappa shape index (κ3) is 4.72. The number of esters is 1. The lowest BCUT2D eigenvalue weighted by atomic mass is 10.1. The summed E-state index contributed by atoms with van der Waals surface area (Å²) in [6.07, 6.45) is 1.33. The van der Waals surface area contributed by atoms with Crippen LogP contribution in [-0.4, -0.2) is 19.0 Å². The first-order chi connectivity index (χ1) is 14.0. The van der Waals surface area contributed by atoms with Crippen molar-refractivity contribution < 1.29 is 18.7 Å². The zero-order valence-electron chi connectivity index (χ0n) is 15.3. The quantitative estimate of drug-likeness (QED) is 0.368. The molecule has 0 aliphatic heterocycles. The smallest absolute Gasteiger partial charge is 0.339 e. The second-order valence-corrected chi connectivity index (χ2v) is 6.31. The molecule has 1 aromatic heterocycles. The van der Waals surface area contributed by atoms with Crippen LogP contribution in [0.15, 0.2) is 70.7 Å². The molecule has 3 rings (SSSR count). The Morgan fingerprint density at radius 1 is 1.10 bits per heavy atom. The van der Waals surface area contributed by atoms with E-state index in [0.717, 1.165) is 5.56 Å². The van der Waals surface area contributed by atoms with Crippen LogP contribution in [0.1, 0.15) is 16.1 Å². The number of methoxy groups -OCH3 is 1. The summed E-state index contributed by atoms with van der Waals surface area (Å²) in [5.74, 6) is -0.361. The zero-order chi connectivity index (χ0) is 20.8. The first kappa shape index (κ1) is 19.9. The Morgan fingerprint density at radius 3 is 2.52 bits per heavy atom. The van der Waals surface area contributed by atoms with Crippen molar-refractivity contribution in [1.82, 2.24) is 0 Å². The van der Waals surface area contributed by atoms with Crippen LogP contribution in [0.2, 0.25) is 5.02 Å². The summed E-state index contributed by atoms with van der Waals surface area (Å²) in [5, 5.41) is 12.6. The van der Waals surface area contributed by atoms with E-state index in [9.17, 15) is 14.9 Å². The van der Waals surface area contributed by atoms with Crippen LogP contribution in [0.4, 0.5) is 5.69 Å². The van der Waals surface area contributed by atoms with E-state index in [1.165, 1.54) is 19.3 Å². The average molecular weight is 407 g/mol. The first-order valence-electron chi connectivity index (χ1n) is 8.48. The van der Waals surface area contributed by atoms with Crippen molar-refractivity contribution in [3.05, 3.63) is 82.6 Å². The predicted octanol–water partition coefficient (Wildman–Crippen LogP) is 4.93. The van der Waals surface area contributed by atoms with Crippen molar-refractivity contribution in [2.75, 3.05) is 12.4 Å². The van der Waals surface area contributed by atoms with Crippen LogP contribution in [0.5, 0.6) is 0 Å². The van der Waals surface area contributed by atoms with Crippen molar-refractivity contribution in [2.45, 2.75) is 0 Å². The van der Waals surface area contributed by atoms with Gasteiger partial charge >= 0.3 is 5.97 Å². The molecule has 2 aromatic carbocycles. The SMILES string of the molecule is COC(=O)c1ccccc1NC(=O)C(C#N)=Cc1ccc(-c2ccc(Cl)cc2)o1. The number of ether oxygens (including phenoxy) is 1. The highest BCUT2D eigenvalue weighted by Crippen LogP contribution is 2.25. The second kappa shape index (κ2) is 8.91. The molecule has 1 heterocycles. The summed E-state index contributed by atoms with van der Waals surface area (Å²) in [5.41, 5.74) is 1.06. The number of nitriles is 1. The van der Waals surface area contributed by atoms with E-state index >= 15 is 0 Å². The number of carbonyl (C=O) groups excluding carboxylic acids is 2. The van der Waals surface area contributed by atoms with Gasteiger partial charge in [-0.2, -0.15) is 5.26 Å². The monoisotopic (exact) mass is 406 g/mol. The maximum atomic E-state index is 12.5. The van der Waals surface area contributed by atoms with Crippen molar-refractivity contribution in [3.8, 4) is 17.4 Å². The summed E-state index contributed by atoms with van der Waals surface area (Å²) in [7, 11) is 1.25. The zero-order valence-corrected chi connectivity index (χ0v) is 16.1. The maximum Gasteiger partial charge on any atom is 0.339 e. The van der Waals surface area contributed by atoms with Crippen molar-refractivity contribution in [2.24, 2.45) is 0 Å². The predicted molar refractivity (Wildman–Crippen MR) is 109 cm³/mol. The number of hydrogen-bond donors (Lipinski definition) is 1. The highest BCUT2D eigenvalue weighted by molar-refractivity contribution is 6.30. The minimum atomic E-state index is -0.673. The molecule has 29 heavy (non-hydrogen) atoms. The van der Waals surface area contributed by atoms with Crippen LogP contribution < -0.4 is 5.32 Å². The van der Waals surface area contributed by atoms with Gasteiger partial charge in [0.25, 0.3) is 5.91 Å². The minimum absolute atomic E-state index is 0.179. The number of amides is 1. The summed E-state index contributed by atoms with van der Waals surface area (Å²) < 4.78 is 10.4. The minimum Gasteiger partial charge on any atom is -0.465 e. The van der Waals surface area contributed by atoms with Crippen LogP contribution in [0, 0.1) is 11.3 Å². The number of para-hydroxylation sites is 1. The normalized spacial score (nSPS) is 10.9. The number of hydrogen-bond acceptors (Lipinski definition) is 5. The van der Waals surface area contributed by atoms with E-state index in [2.05, 4.69) is 5.32 Å². The lowest BCUT2D eigenvalue weighted by Gasteiger charge is -2.08. The largest absolute Gasteiger partial charge is 0.465 e. The van der Waals surface area contributed by atoms with E-state index in [1.807, 2.05) is 6.07 Å². The summed E-state index contributed by atoms with van der Waals surface area (Å²) in [6.45, 7) is 0. The Balaban J connectivity index is 1.82. The van der Waals surface area contributed by atoms with Crippen LogP contribution in [0.3, 0.4) is 0 Å². The molecule has 0 spiro atoms. The van der Waals surface area contributed by atoms with Gasteiger partial charge in [0.05, 0.1) is 18.4 Å². The van der Waals surface area contributed by atoms with Gasteiger partial charge in [-0.05, 0) is 48.5 Å². The lowest BCUT2D eigenvalue weighted by Crippen LogP contribution is -2.16. The molecule has 3 aromatic rings. The van der Waals surface area contributed by atoms with Gasteiger partial charge < -0.3 is 14.5 Å². The first-order valence-corrected chi connectivity index (χ1v) is 8.86. The maximum absolute atomic E-state index is 12.5. The molecule has 0 atom stereocenters. The number of halogens is 1. The Kier molecular flexibility index (Phi) is 6.12. The van der Waals surface area contributed by atoms with Gasteiger partial charge in [0, 0.05) is 16.7 Å². The van der Waals surface area contributed by atoms with Crippen LogP contribution in [0.25, 0.3) is 17.4 Å². The number of furan rings is 1. The van der Waals surface area contributed by atoms with Gasteiger partial charge in [0.15, 0.2) is 0 Å². The molecular formula is C22H15ClN2O4. The van der Waals surface area contributed by atoms with E-state index in [1.54, 1.807) is 54.6 Å². The van der Waals surface area contributed by atoms with Gasteiger partial charge in [0.2, 0.25) is 0 Å². The highest BCUT2D eigenvalue weighted by atomic mass is 35.5. The van der Waals surface area contributed by atoms with Gasteiger partial charge in [-0.15, -0.1) is 0 Å². The molecule has 1 amide bonds. The molecule has 0 bridgehead atoms. The van der Waals surface area contributed by atoms with Gasteiger partial charge in [-0.3, -0.25) is 4.79 Å². The number of carbonyl (C=O) groups is 2. The summed E-state index contributed by atoms with van der Waals surface area (Å²) >= 11 is 5.88. The topological polar surface area (TPSA) is 92.3 Å². The second-order valence-electron chi connectivity index (χ2n) is 5.87. The van der Waals surface area contributed by atoms with E-state index in [0.29, 0.717) is 16.5 Å². The molecular weight excluding hydrogens is 392 g/mol. The van der Waals surface area contributed by atoms with Crippen molar-refractivity contribution >= 4 is 35.2 Å². The molecule has 0 unspecified atom stereocenters. The fraction of sp³-hybridized carbons (Fsp3) is 0.0455. The standard InChI is InChI=1S/C22H15ClN2O4/c1-28-22(27)18-4-2-3-5-19(18)25-21(26)15(13-24)12-17-10-11-20(29-17)14-6-8-16(23)9-7-14/h2-12H,1H3,(H,25,26). The van der Waals surface area contributed by atoms with Gasteiger partial charge in [0.1, 0.15) is 23.2 Å². The highest BCUT2D eigenvalue weighted by Gasteiger charge is 2.16. The van der Waals surface area contributed by atoms with Gasteiger partial charge in [-0.25, -0.2) is 4.79 Å². The fourth-order valence-electron chi connectivity index (χ4n) is 2.56. The molecule has 0 saturated heterocycles. The van der Waals surface area contributed by atoms with E-state index in [-0.39, 0.29) is 16.8 Å². The molecule has 1 N–H and O–H groups in total.